The highest BCUT2D eigenvalue weighted by atomic mass is 19.1. The van der Waals surface area contributed by atoms with E-state index in [1.165, 1.54) is 6.07 Å². The van der Waals surface area contributed by atoms with Crippen LogP contribution in [-0.2, 0) is 0 Å². The Morgan fingerprint density at radius 3 is 2.54 bits per heavy atom. The lowest BCUT2D eigenvalue weighted by molar-refractivity contribution is 0.0269. The van der Waals surface area contributed by atoms with E-state index in [1.807, 2.05) is 7.05 Å². The molecule has 0 spiro atoms. The van der Waals surface area contributed by atoms with E-state index >= 15 is 4.39 Å². The molecule has 0 atom stereocenters. The quantitative estimate of drug-likeness (QED) is 0.521. The number of ether oxygens (including phenoxy) is 1. The molecule has 0 unspecified atom stereocenters. The van der Waals surface area contributed by atoms with Gasteiger partial charge >= 0.3 is 0 Å². The van der Waals surface area contributed by atoms with Crippen molar-refractivity contribution in [3.63, 3.8) is 0 Å². The van der Waals surface area contributed by atoms with Crippen molar-refractivity contribution >= 4 is 11.7 Å². The maximum absolute atomic E-state index is 15.8. The number of aromatic nitrogens is 4. The molecule has 4 aliphatic rings. The number of anilines is 1. The van der Waals surface area contributed by atoms with E-state index < -0.39 is 29.0 Å². The number of nitrogens with zero attached hydrogens (tertiary/aromatic N) is 5. The number of carbonyl (C=O) groups excluding carboxylic acids is 1. The number of pyridine rings is 2. The summed E-state index contributed by atoms with van der Waals surface area (Å²) in [4.78, 5) is 32.0. The van der Waals surface area contributed by atoms with Crippen LogP contribution in [0, 0.1) is 11.8 Å². The predicted octanol–water partition coefficient (Wildman–Crippen LogP) is 3.36. The van der Waals surface area contributed by atoms with Gasteiger partial charge in [-0.2, -0.15) is 4.39 Å². The minimum absolute atomic E-state index is 0.169. The third kappa shape index (κ3) is 4.59. The molecule has 2 bridgehead atoms. The second kappa shape index (κ2) is 8.98. The number of nitrogens with two attached hydrogens (primary N) is 1. The van der Waals surface area contributed by atoms with Gasteiger partial charge in [-0.3, -0.25) is 4.79 Å². The van der Waals surface area contributed by atoms with Crippen LogP contribution in [0.4, 0.5) is 14.6 Å². The van der Waals surface area contributed by atoms with Gasteiger partial charge in [-0.05, 0) is 57.7 Å². The van der Waals surface area contributed by atoms with Gasteiger partial charge in [0.1, 0.15) is 17.5 Å². The first-order valence-electron chi connectivity index (χ1n) is 12.4. The maximum Gasteiger partial charge on any atom is 0.256 e. The number of piperidine rings is 2. The van der Waals surface area contributed by atoms with Crippen LogP contribution < -0.4 is 15.8 Å². The van der Waals surface area contributed by atoms with E-state index in [4.69, 9.17) is 10.5 Å². The summed E-state index contributed by atoms with van der Waals surface area (Å²) in [6.45, 7) is 0.705. The molecular formula is C26H27F2N7O2. The zero-order valence-corrected chi connectivity index (χ0v) is 20.4. The van der Waals surface area contributed by atoms with Gasteiger partial charge in [-0.25, -0.2) is 24.3 Å². The van der Waals surface area contributed by atoms with Crippen LogP contribution in [0.25, 0.3) is 22.6 Å². The second-order valence-corrected chi connectivity index (χ2v) is 10.2. The van der Waals surface area contributed by atoms with Gasteiger partial charge in [0.15, 0.2) is 11.6 Å². The zero-order valence-electron chi connectivity index (χ0n) is 20.4. The Hall–Kier alpha value is -3.73. The number of halogens is 2. The molecule has 11 heteroatoms. The van der Waals surface area contributed by atoms with Crippen molar-refractivity contribution in [1.82, 2.24) is 30.2 Å². The third-order valence-corrected chi connectivity index (χ3v) is 7.51. The van der Waals surface area contributed by atoms with Crippen LogP contribution in [0.15, 0.2) is 30.6 Å². The summed E-state index contributed by atoms with van der Waals surface area (Å²) in [6.07, 6.45) is 8.51. The second-order valence-electron chi connectivity index (χ2n) is 10.2. The molecule has 3 N–H and O–H groups in total. The molecular weight excluding hydrogens is 480 g/mol. The molecule has 3 aromatic heterocycles. The number of rotatable bonds is 6. The summed E-state index contributed by atoms with van der Waals surface area (Å²) >= 11 is 0. The third-order valence-electron chi connectivity index (χ3n) is 7.51. The summed E-state index contributed by atoms with van der Waals surface area (Å²) in [5, 5.41) is 3.11. The SMILES string of the molecule is CN1CC2(NC(=O)c3cc(-c4ccc(OC5CC5)nc4)nc(-c4cnc(N)c(F)n4)c3F)CCC1CC2. The summed E-state index contributed by atoms with van der Waals surface area (Å²) in [5.74, 6) is -2.43. The average Bonchev–Trinajstić information content (AvgIpc) is 3.71. The van der Waals surface area contributed by atoms with Crippen molar-refractivity contribution in [3.05, 3.63) is 47.9 Å². The fourth-order valence-electron chi connectivity index (χ4n) is 5.29. The molecule has 7 rings (SSSR count). The summed E-state index contributed by atoms with van der Waals surface area (Å²) in [7, 11) is 2.05. The molecule has 5 heterocycles. The van der Waals surface area contributed by atoms with Gasteiger partial charge in [-0.1, -0.05) is 0 Å². The molecule has 192 valence electrons. The van der Waals surface area contributed by atoms with Crippen LogP contribution in [0.1, 0.15) is 48.9 Å². The summed E-state index contributed by atoms with van der Waals surface area (Å²) in [6, 6.07) is 5.35. The molecule has 2 saturated heterocycles. The van der Waals surface area contributed by atoms with E-state index in [0.717, 1.165) is 44.7 Å². The highest BCUT2D eigenvalue weighted by Gasteiger charge is 2.44. The Morgan fingerprint density at radius 2 is 1.89 bits per heavy atom. The number of likely N-dealkylation sites (N-methyl/N-ethyl adjacent to an activating group) is 1. The maximum atomic E-state index is 15.8. The monoisotopic (exact) mass is 507 g/mol. The van der Waals surface area contributed by atoms with E-state index in [0.29, 0.717) is 24.0 Å². The summed E-state index contributed by atoms with van der Waals surface area (Å²) < 4.78 is 35.7. The topological polar surface area (TPSA) is 119 Å². The molecule has 4 fully saturated rings. The minimum atomic E-state index is -1.04. The number of nitrogens with one attached hydrogen (secondary N) is 1. The first-order chi connectivity index (χ1) is 17.8. The number of carbonyl (C=O) groups is 1. The first kappa shape index (κ1) is 23.7. The molecule has 2 aliphatic heterocycles. The van der Waals surface area contributed by atoms with Gasteiger partial charge < -0.3 is 20.7 Å². The van der Waals surface area contributed by atoms with Crippen LogP contribution in [0.3, 0.4) is 0 Å². The normalized spacial score (nSPS) is 23.2. The molecule has 0 radical (unpaired) electrons. The van der Waals surface area contributed by atoms with E-state index in [2.05, 4.69) is 30.2 Å². The van der Waals surface area contributed by atoms with Gasteiger partial charge in [-0.15, -0.1) is 0 Å². The highest BCUT2D eigenvalue weighted by molar-refractivity contribution is 5.97. The van der Waals surface area contributed by atoms with Crippen molar-refractivity contribution in [2.24, 2.45) is 0 Å². The zero-order chi connectivity index (χ0) is 25.7. The van der Waals surface area contributed by atoms with E-state index in [1.54, 1.807) is 18.3 Å². The Balaban J connectivity index is 1.39. The number of hydrogen-bond acceptors (Lipinski definition) is 8. The van der Waals surface area contributed by atoms with Gasteiger partial charge in [0.25, 0.3) is 11.9 Å². The lowest BCUT2D eigenvalue weighted by Gasteiger charge is -2.51. The number of nitrogen functional groups attached to an aromatic ring is 1. The van der Waals surface area contributed by atoms with Crippen LogP contribution in [0.2, 0.25) is 0 Å². The highest BCUT2D eigenvalue weighted by Crippen LogP contribution is 2.38. The Bertz CT molecular complexity index is 1360. The van der Waals surface area contributed by atoms with Crippen molar-refractivity contribution in [1.29, 1.82) is 0 Å². The van der Waals surface area contributed by atoms with Crippen molar-refractivity contribution in [2.75, 3.05) is 19.3 Å². The fourth-order valence-corrected chi connectivity index (χ4v) is 5.29. The predicted molar refractivity (Wildman–Crippen MR) is 132 cm³/mol. The molecule has 37 heavy (non-hydrogen) atoms. The van der Waals surface area contributed by atoms with Gasteiger partial charge in [0.2, 0.25) is 5.88 Å². The van der Waals surface area contributed by atoms with Gasteiger partial charge in [0, 0.05) is 30.4 Å². The van der Waals surface area contributed by atoms with Crippen LogP contribution in [-0.4, -0.2) is 62.0 Å². The Morgan fingerprint density at radius 1 is 1.11 bits per heavy atom. The Labute approximate surface area is 212 Å². The first-order valence-corrected chi connectivity index (χ1v) is 12.4. The number of amides is 1. The largest absolute Gasteiger partial charge is 0.474 e. The smallest absolute Gasteiger partial charge is 0.256 e. The lowest BCUT2D eigenvalue weighted by Crippen LogP contribution is -2.64. The van der Waals surface area contributed by atoms with Gasteiger partial charge in [0.05, 0.1) is 23.0 Å². The molecule has 1 amide bonds. The molecule has 0 aromatic carbocycles. The summed E-state index contributed by atoms with van der Waals surface area (Å²) in [5.41, 5.74) is 5.18. The molecule has 2 saturated carbocycles. The fraction of sp³-hybridized carbons (Fsp3) is 0.423. The molecule has 3 aromatic rings. The van der Waals surface area contributed by atoms with Crippen molar-refractivity contribution in [3.8, 4) is 28.5 Å². The Kier molecular flexibility index (Phi) is 5.74. The van der Waals surface area contributed by atoms with Crippen LogP contribution >= 0.6 is 0 Å². The van der Waals surface area contributed by atoms with Crippen molar-refractivity contribution in [2.45, 2.75) is 56.2 Å². The number of hydrogen-bond donors (Lipinski definition) is 2. The van der Waals surface area contributed by atoms with Crippen LogP contribution in [0.5, 0.6) is 5.88 Å². The van der Waals surface area contributed by atoms with Crippen molar-refractivity contribution < 1.29 is 18.3 Å². The number of fused-ring (bicyclic) bond motifs is 3. The lowest BCUT2D eigenvalue weighted by atomic mass is 9.74. The molecule has 2 aliphatic carbocycles. The minimum Gasteiger partial charge on any atom is -0.474 e. The van der Waals surface area contributed by atoms with E-state index in [9.17, 15) is 9.18 Å². The molecule has 9 nitrogen and oxygen atoms in total. The standard InChI is InChI=1S/C26H27F2N7O2/c1-35-13-26(8-6-15(35)7-9-26)34-25(36)17-10-18(14-2-5-20(30-11-14)37-16-3-4-16)32-22(21(17)27)19-12-31-24(29)23(28)33-19/h2,5,10-12,15-16H,3-4,6-9,13H2,1H3,(H2,29,31)(H,34,36). The average molecular weight is 508 g/mol. The van der Waals surface area contributed by atoms with E-state index in [-0.39, 0.29) is 28.7 Å².